The predicted molar refractivity (Wildman–Crippen MR) is 97.1 cm³/mol. The fraction of sp³-hybridized carbons (Fsp3) is 0.211. The Kier molecular flexibility index (Phi) is 5.60. The fourth-order valence-corrected chi connectivity index (χ4v) is 3.33. The van der Waals surface area contributed by atoms with Gasteiger partial charge in [0.15, 0.2) is 16.8 Å². The Bertz CT molecular complexity index is 864. The van der Waals surface area contributed by atoms with E-state index in [0.29, 0.717) is 23.0 Å². The van der Waals surface area contributed by atoms with Crippen LogP contribution in [0.15, 0.2) is 59.8 Å². The number of halogens is 1. The summed E-state index contributed by atoms with van der Waals surface area (Å²) < 4.78 is 15.7. The molecule has 1 aromatic heterocycles. The van der Waals surface area contributed by atoms with Crippen LogP contribution in [0.4, 0.5) is 4.39 Å². The minimum Gasteiger partial charge on any atom is -0.305 e. The molecule has 1 heterocycles. The maximum atomic E-state index is 13.9. The molecule has 0 N–H and O–H groups in total. The number of thioether (sulfide) groups is 1. The second-order valence-electron chi connectivity index (χ2n) is 5.59. The second kappa shape index (κ2) is 8.07. The first-order valence-corrected chi connectivity index (χ1v) is 9.00. The SMILES string of the molecule is Cn1c(SCCCC(=O)c2ccccc2)nnc1-c1ccccc1F. The molecule has 128 valence electrons. The highest BCUT2D eigenvalue weighted by atomic mass is 32.2. The number of hydrogen-bond acceptors (Lipinski definition) is 4. The first-order valence-electron chi connectivity index (χ1n) is 8.02. The molecule has 0 fully saturated rings. The van der Waals surface area contributed by atoms with Gasteiger partial charge >= 0.3 is 0 Å². The van der Waals surface area contributed by atoms with E-state index in [4.69, 9.17) is 0 Å². The van der Waals surface area contributed by atoms with Gasteiger partial charge in [0.2, 0.25) is 0 Å². The molecule has 0 atom stereocenters. The zero-order valence-corrected chi connectivity index (χ0v) is 14.7. The Morgan fingerprint density at radius 1 is 1.08 bits per heavy atom. The van der Waals surface area contributed by atoms with Crippen LogP contribution in [0.25, 0.3) is 11.4 Å². The van der Waals surface area contributed by atoms with Crippen LogP contribution in [0, 0.1) is 5.82 Å². The van der Waals surface area contributed by atoms with Crippen LogP contribution >= 0.6 is 11.8 Å². The summed E-state index contributed by atoms with van der Waals surface area (Å²) in [6.07, 6.45) is 1.25. The normalized spacial score (nSPS) is 10.8. The van der Waals surface area contributed by atoms with Crippen LogP contribution in [0.2, 0.25) is 0 Å². The van der Waals surface area contributed by atoms with Crippen LogP contribution in [0.1, 0.15) is 23.2 Å². The molecule has 3 rings (SSSR count). The molecule has 6 heteroatoms. The molecule has 0 unspecified atom stereocenters. The van der Waals surface area contributed by atoms with E-state index >= 15 is 0 Å². The van der Waals surface area contributed by atoms with E-state index in [9.17, 15) is 9.18 Å². The molecule has 2 aromatic carbocycles. The van der Waals surface area contributed by atoms with E-state index in [2.05, 4.69) is 10.2 Å². The van der Waals surface area contributed by atoms with Crippen LogP contribution in [0.3, 0.4) is 0 Å². The Morgan fingerprint density at radius 3 is 2.56 bits per heavy atom. The van der Waals surface area contributed by atoms with Crippen molar-refractivity contribution < 1.29 is 9.18 Å². The molecule has 0 radical (unpaired) electrons. The number of hydrogen-bond donors (Lipinski definition) is 0. The van der Waals surface area contributed by atoms with Gasteiger partial charge in [0.25, 0.3) is 0 Å². The van der Waals surface area contributed by atoms with Crippen LogP contribution in [0.5, 0.6) is 0 Å². The van der Waals surface area contributed by atoms with E-state index in [1.165, 1.54) is 17.8 Å². The minimum absolute atomic E-state index is 0.145. The van der Waals surface area contributed by atoms with Crippen molar-refractivity contribution >= 4 is 17.5 Å². The zero-order valence-electron chi connectivity index (χ0n) is 13.9. The standard InChI is InChI=1S/C19H18FN3OS/c1-23-18(15-10-5-6-11-16(15)20)21-22-19(23)25-13-7-12-17(24)14-8-3-2-4-9-14/h2-6,8-11H,7,12-13H2,1H3. The summed E-state index contributed by atoms with van der Waals surface area (Å²) >= 11 is 1.52. The van der Waals surface area contributed by atoms with Gasteiger partial charge in [0.05, 0.1) is 5.56 Å². The molecule has 0 saturated heterocycles. The fourth-order valence-electron chi connectivity index (χ4n) is 2.48. The number of rotatable bonds is 7. The molecule has 0 spiro atoms. The van der Waals surface area contributed by atoms with Gasteiger partial charge in [-0.05, 0) is 18.6 Å². The van der Waals surface area contributed by atoms with Gasteiger partial charge < -0.3 is 4.57 Å². The van der Waals surface area contributed by atoms with Crippen molar-refractivity contribution in [2.24, 2.45) is 7.05 Å². The average molecular weight is 355 g/mol. The van der Waals surface area contributed by atoms with Crippen molar-refractivity contribution in [2.45, 2.75) is 18.0 Å². The van der Waals surface area contributed by atoms with E-state index in [1.807, 2.05) is 37.4 Å². The van der Waals surface area contributed by atoms with Crippen LogP contribution < -0.4 is 0 Å². The molecule has 0 saturated carbocycles. The van der Waals surface area contributed by atoms with Gasteiger partial charge in [-0.25, -0.2) is 4.39 Å². The smallest absolute Gasteiger partial charge is 0.191 e. The first-order chi connectivity index (χ1) is 12.2. The van der Waals surface area contributed by atoms with E-state index in [-0.39, 0.29) is 11.6 Å². The highest BCUT2D eigenvalue weighted by Gasteiger charge is 2.14. The van der Waals surface area contributed by atoms with E-state index in [1.54, 1.807) is 22.8 Å². The number of benzene rings is 2. The van der Waals surface area contributed by atoms with Gasteiger partial charge in [0.1, 0.15) is 5.82 Å². The number of ketones is 1. The minimum atomic E-state index is -0.317. The third-order valence-corrected chi connectivity index (χ3v) is 4.93. The lowest BCUT2D eigenvalue weighted by atomic mass is 10.1. The molecular weight excluding hydrogens is 337 g/mol. The lowest BCUT2D eigenvalue weighted by Crippen LogP contribution is -2.00. The van der Waals surface area contributed by atoms with E-state index < -0.39 is 0 Å². The predicted octanol–water partition coefficient (Wildman–Crippen LogP) is 4.38. The maximum absolute atomic E-state index is 13.9. The molecule has 25 heavy (non-hydrogen) atoms. The zero-order chi connectivity index (χ0) is 17.6. The molecule has 0 amide bonds. The topological polar surface area (TPSA) is 47.8 Å². The van der Waals surface area contributed by atoms with Crippen molar-refractivity contribution in [1.82, 2.24) is 14.8 Å². The highest BCUT2D eigenvalue weighted by Crippen LogP contribution is 2.25. The Morgan fingerprint density at radius 2 is 1.80 bits per heavy atom. The molecular formula is C19H18FN3OS. The molecule has 0 bridgehead atoms. The second-order valence-corrected chi connectivity index (χ2v) is 6.65. The van der Waals surface area contributed by atoms with Gasteiger partial charge in [-0.15, -0.1) is 10.2 Å². The third kappa shape index (κ3) is 4.14. The summed E-state index contributed by atoms with van der Waals surface area (Å²) in [6.45, 7) is 0. The maximum Gasteiger partial charge on any atom is 0.191 e. The van der Waals surface area contributed by atoms with E-state index in [0.717, 1.165) is 17.7 Å². The largest absolute Gasteiger partial charge is 0.305 e. The first kappa shape index (κ1) is 17.4. The van der Waals surface area contributed by atoms with Crippen molar-refractivity contribution in [3.8, 4) is 11.4 Å². The van der Waals surface area contributed by atoms with Gasteiger partial charge in [-0.2, -0.15) is 0 Å². The molecule has 0 aliphatic rings. The van der Waals surface area contributed by atoms with Crippen molar-refractivity contribution in [3.05, 3.63) is 66.0 Å². The highest BCUT2D eigenvalue weighted by molar-refractivity contribution is 7.99. The molecule has 0 aliphatic heterocycles. The summed E-state index contributed by atoms with van der Waals surface area (Å²) in [4.78, 5) is 12.1. The number of carbonyl (C=O) groups is 1. The van der Waals surface area contributed by atoms with Gasteiger partial charge in [-0.3, -0.25) is 4.79 Å². The number of aromatic nitrogens is 3. The lowest BCUT2D eigenvalue weighted by Gasteiger charge is -2.05. The summed E-state index contributed by atoms with van der Waals surface area (Å²) in [6, 6.07) is 15.8. The molecule has 3 aromatic rings. The lowest BCUT2D eigenvalue weighted by molar-refractivity contribution is 0.0982. The van der Waals surface area contributed by atoms with Gasteiger partial charge in [-0.1, -0.05) is 54.2 Å². The van der Waals surface area contributed by atoms with Crippen molar-refractivity contribution in [3.63, 3.8) is 0 Å². The average Bonchev–Trinajstić information content (AvgIpc) is 3.00. The monoisotopic (exact) mass is 355 g/mol. The Hall–Kier alpha value is -2.47. The van der Waals surface area contributed by atoms with Crippen LogP contribution in [-0.4, -0.2) is 26.3 Å². The molecule has 0 aliphatic carbocycles. The number of carbonyl (C=O) groups excluding carboxylic acids is 1. The summed E-state index contributed by atoms with van der Waals surface area (Å²) in [5, 5.41) is 8.94. The summed E-state index contributed by atoms with van der Waals surface area (Å²) in [7, 11) is 1.82. The third-order valence-electron chi connectivity index (χ3n) is 3.82. The van der Waals surface area contributed by atoms with Gasteiger partial charge in [0, 0.05) is 24.8 Å². The Balaban J connectivity index is 1.56. The Labute approximate surface area is 150 Å². The molecule has 4 nitrogen and oxygen atoms in total. The quantitative estimate of drug-likeness (QED) is 0.359. The summed E-state index contributed by atoms with van der Waals surface area (Å²) in [5.74, 6) is 1.08. The summed E-state index contributed by atoms with van der Waals surface area (Å²) in [5.41, 5.74) is 1.18. The van der Waals surface area contributed by atoms with Crippen LogP contribution in [-0.2, 0) is 7.05 Å². The number of nitrogens with zero attached hydrogens (tertiary/aromatic N) is 3. The van der Waals surface area contributed by atoms with Crippen molar-refractivity contribution in [2.75, 3.05) is 5.75 Å². The number of Topliss-reactive ketones (excluding diaryl/α,β-unsaturated/α-hetero) is 1. The van der Waals surface area contributed by atoms with Crippen molar-refractivity contribution in [1.29, 1.82) is 0 Å².